The van der Waals surface area contributed by atoms with Crippen LogP contribution in [0.2, 0.25) is 0 Å². The van der Waals surface area contributed by atoms with Crippen LogP contribution in [0.5, 0.6) is 0 Å². The largest absolute Gasteiger partial charge is 0.466 e. The van der Waals surface area contributed by atoms with Crippen molar-refractivity contribution in [2.24, 2.45) is 0 Å². The van der Waals surface area contributed by atoms with Gasteiger partial charge in [0.1, 0.15) is 0 Å². The van der Waals surface area contributed by atoms with E-state index in [1.165, 1.54) is 27.7 Å². The highest BCUT2D eigenvalue weighted by Gasteiger charge is 2.24. The number of likely N-dealkylation sites (N-methyl/N-ethyl adjacent to an activating group) is 1. The molecule has 5 nitrogen and oxygen atoms in total. The summed E-state index contributed by atoms with van der Waals surface area (Å²) in [6, 6.07) is 10.8. The average Bonchev–Trinajstić information content (AvgIpc) is 2.88. The number of carbonyl (C=O) groups excluding carboxylic acids is 1. The van der Waals surface area contributed by atoms with Crippen LogP contribution in [0, 0.1) is 6.92 Å². The van der Waals surface area contributed by atoms with Crippen molar-refractivity contribution in [2.45, 2.75) is 45.6 Å². The molecule has 2 aromatic heterocycles. The molecule has 1 unspecified atom stereocenters. The minimum atomic E-state index is -0.149. The van der Waals surface area contributed by atoms with E-state index in [1.54, 1.807) is 6.20 Å². The van der Waals surface area contributed by atoms with Gasteiger partial charge in [-0.2, -0.15) is 0 Å². The molecule has 30 heavy (non-hydrogen) atoms. The van der Waals surface area contributed by atoms with E-state index in [9.17, 15) is 4.79 Å². The number of fused-ring (bicyclic) bond motifs is 3. The van der Waals surface area contributed by atoms with Gasteiger partial charge in [-0.15, -0.1) is 0 Å². The summed E-state index contributed by atoms with van der Waals surface area (Å²) in [5.41, 5.74) is 6.53. The Kier molecular flexibility index (Phi) is 6.18. The molecule has 0 N–H and O–H groups in total. The number of nitrogens with zero attached hydrogens (tertiary/aromatic N) is 3. The lowest BCUT2D eigenvalue weighted by Gasteiger charge is -2.20. The number of aromatic nitrogens is 2. The van der Waals surface area contributed by atoms with Crippen LogP contribution in [-0.4, -0.2) is 47.2 Å². The molecule has 0 amide bonds. The van der Waals surface area contributed by atoms with Gasteiger partial charge in [-0.05, 0) is 56.6 Å². The Labute approximate surface area is 178 Å². The zero-order valence-corrected chi connectivity index (χ0v) is 18.2. The predicted octanol–water partition coefficient (Wildman–Crippen LogP) is 4.11. The van der Waals surface area contributed by atoms with Crippen molar-refractivity contribution in [3.05, 3.63) is 65.1 Å². The van der Waals surface area contributed by atoms with Gasteiger partial charge in [0.2, 0.25) is 0 Å². The second-order valence-electron chi connectivity index (χ2n) is 8.35. The van der Waals surface area contributed by atoms with Crippen molar-refractivity contribution in [1.82, 2.24) is 14.5 Å². The normalized spacial score (nSPS) is 15.6. The Morgan fingerprint density at radius 2 is 2.07 bits per heavy atom. The fraction of sp³-hybridized carbons (Fsp3) is 0.440. The first-order chi connectivity index (χ1) is 14.6. The molecule has 3 aromatic rings. The maximum atomic E-state index is 12.4. The van der Waals surface area contributed by atoms with E-state index in [2.05, 4.69) is 52.7 Å². The summed E-state index contributed by atoms with van der Waals surface area (Å²) < 4.78 is 7.75. The van der Waals surface area contributed by atoms with Crippen LogP contribution in [0.25, 0.3) is 10.9 Å². The lowest BCUT2D eigenvalue weighted by atomic mass is 9.97. The van der Waals surface area contributed by atoms with E-state index in [1.807, 2.05) is 19.2 Å². The molecule has 0 spiro atoms. The fourth-order valence-corrected chi connectivity index (χ4v) is 4.62. The predicted molar refractivity (Wildman–Crippen MR) is 120 cm³/mol. The Bertz CT molecular complexity index is 1030. The molecule has 0 aliphatic carbocycles. The van der Waals surface area contributed by atoms with Crippen molar-refractivity contribution in [1.29, 1.82) is 0 Å². The van der Waals surface area contributed by atoms with Gasteiger partial charge < -0.3 is 14.2 Å². The van der Waals surface area contributed by atoms with Crippen molar-refractivity contribution >= 4 is 16.9 Å². The quantitative estimate of drug-likeness (QED) is 0.579. The summed E-state index contributed by atoms with van der Waals surface area (Å²) in [6.45, 7) is 7.31. The van der Waals surface area contributed by atoms with Gasteiger partial charge >= 0.3 is 5.97 Å². The van der Waals surface area contributed by atoms with Gasteiger partial charge in [0.15, 0.2) is 0 Å². The lowest BCUT2D eigenvalue weighted by molar-refractivity contribution is -0.143. The van der Waals surface area contributed by atoms with Crippen LogP contribution in [-0.2, 0) is 28.9 Å². The van der Waals surface area contributed by atoms with Crippen LogP contribution in [0.15, 0.2) is 42.7 Å². The highest BCUT2D eigenvalue weighted by molar-refractivity contribution is 5.86. The molecule has 0 saturated heterocycles. The maximum Gasteiger partial charge on any atom is 0.306 e. The third-order valence-corrected chi connectivity index (χ3v) is 6.19. The molecule has 1 aliphatic heterocycles. The van der Waals surface area contributed by atoms with E-state index in [0.29, 0.717) is 13.0 Å². The maximum absolute atomic E-state index is 12.4. The van der Waals surface area contributed by atoms with Crippen LogP contribution >= 0.6 is 0 Å². The molecule has 0 saturated carbocycles. The van der Waals surface area contributed by atoms with Crippen molar-refractivity contribution in [3.8, 4) is 0 Å². The van der Waals surface area contributed by atoms with E-state index in [0.717, 1.165) is 38.0 Å². The third kappa shape index (κ3) is 4.26. The Morgan fingerprint density at radius 3 is 2.83 bits per heavy atom. The minimum Gasteiger partial charge on any atom is -0.466 e. The molecular weight excluding hydrogens is 374 g/mol. The molecule has 4 rings (SSSR count). The van der Waals surface area contributed by atoms with E-state index >= 15 is 0 Å². The second kappa shape index (κ2) is 9.00. The zero-order chi connectivity index (χ0) is 21.1. The van der Waals surface area contributed by atoms with Crippen LogP contribution in [0.3, 0.4) is 0 Å². The molecule has 0 fully saturated rings. The van der Waals surface area contributed by atoms with Crippen LogP contribution in [0.4, 0.5) is 0 Å². The second-order valence-corrected chi connectivity index (χ2v) is 8.35. The summed E-state index contributed by atoms with van der Waals surface area (Å²) in [6.07, 6.45) is 6.11. The molecule has 5 heteroatoms. The van der Waals surface area contributed by atoms with Crippen LogP contribution in [0.1, 0.15) is 41.6 Å². The van der Waals surface area contributed by atoms with Crippen molar-refractivity contribution in [3.63, 3.8) is 0 Å². The SMILES string of the molecule is CCOC(=O)CC(Cn1c2c(c3cc(C)ccc31)CCN(C)CC2)c1cccnc1. The molecular formula is C25H31N3O2. The first kappa shape index (κ1) is 20.6. The number of ether oxygens (including phenoxy) is 1. The Morgan fingerprint density at radius 1 is 1.23 bits per heavy atom. The highest BCUT2D eigenvalue weighted by Crippen LogP contribution is 2.33. The fourth-order valence-electron chi connectivity index (χ4n) is 4.62. The van der Waals surface area contributed by atoms with Crippen LogP contribution < -0.4 is 0 Å². The number of esters is 1. The molecule has 158 valence electrons. The smallest absolute Gasteiger partial charge is 0.306 e. The molecule has 1 aromatic carbocycles. The number of carbonyl (C=O) groups is 1. The number of rotatable bonds is 6. The number of hydrogen-bond acceptors (Lipinski definition) is 4. The van der Waals surface area contributed by atoms with Gasteiger partial charge in [0, 0.05) is 61.0 Å². The summed E-state index contributed by atoms with van der Waals surface area (Å²) in [4.78, 5) is 19.1. The zero-order valence-electron chi connectivity index (χ0n) is 18.2. The average molecular weight is 406 g/mol. The van der Waals surface area contributed by atoms with E-state index in [-0.39, 0.29) is 11.9 Å². The molecule has 3 heterocycles. The molecule has 0 bridgehead atoms. The van der Waals surface area contributed by atoms with Crippen molar-refractivity contribution in [2.75, 3.05) is 26.7 Å². The summed E-state index contributed by atoms with van der Waals surface area (Å²) in [5.74, 6) is -0.121. The monoisotopic (exact) mass is 405 g/mol. The van der Waals surface area contributed by atoms with Crippen molar-refractivity contribution < 1.29 is 9.53 Å². The number of hydrogen-bond donors (Lipinski definition) is 0. The summed E-state index contributed by atoms with van der Waals surface area (Å²) in [5, 5.41) is 1.36. The third-order valence-electron chi connectivity index (χ3n) is 6.19. The van der Waals surface area contributed by atoms with Gasteiger partial charge in [0.25, 0.3) is 0 Å². The summed E-state index contributed by atoms with van der Waals surface area (Å²) in [7, 11) is 2.20. The number of benzene rings is 1. The van der Waals surface area contributed by atoms with Gasteiger partial charge in [0.05, 0.1) is 13.0 Å². The Hall–Kier alpha value is -2.66. The Balaban J connectivity index is 1.77. The first-order valence-electron chi connectivity index (χ1n) is 10.9. The van der Waals surface area contributed by atoms with E-state index < -0.39 is 0 Å². The highest BCUT2D eigenvalue weighted by atomic mass is 16.5. The topological polar surface area (TPSA) is 47.4 Å². The van der Waals surface area contributed by atoms with Gasteiger partial charge in [-0.3, -0.25) is 9.78 Å². The number of pyridine rings is 1. The number of aryl methyl sites for hydroxylation is 1. The van der Waals surface area contributed by atoms with Gasteiger partial charge in [-0.1, -0.05) is 17.7 Å². The van der Waals surface area contributed by atoms with Gasteiger partial charge in [-0.25, -0.2) is 0 Å². The minimum absolute atomic E-state index is 0.0275. The molecule has 1 atom stereocenters. The lowest BCUT2D eigenvalue weighted by Crippen LogP contribution is -2.22. The summed E-state index contributed by atoms with van der Waals surface area (Å²) >= 11 is 0. The first-order valence-corrected chi connectivity index (χ1v) is 10.9. The van der Waals surface area contributed by atoms with E-state index in [4.69, 9.17) is 4.74 Å². The molecule has 1 aliphatic rings. The standard InChI is InChI=1S/C25H31N3O2/c1-4-30-25(29)15-20(19-6-5-11-26-16-19)17-28-23-8-7-18(2)14-22(23)21-9-12-27(3)13-10-24(21)28/h5-8,11,14,16,20H,4,9-10,12-13,15,17H2,1-3H3. The molecule has 0 radical (unpaired) electrons.